The molecule has 20 heavy (non-hydrogen) atoms. The van der Waals surface area contributed by atoms with Crippen LogP contribution in [-0.4, -0.2) is 26.8 Å². The second-order valence-electron chi connectivity index (χ2n) is 5.07. The molecule has 1 aromatic carbocycles. The lowest BCUT2D eigenvalue weighted by Crippen LogP contribution is -2.25. The van der Waals surface area contributed by atoms with Gasteiger partial charge in [0.05, 0.1) is 16.8 Å². The summed E-state index contributed by atoms with van der Waals surface area (Å²) in [4.78, 5) is 0. The molecule has 0 radical (unpaired) electrons. The molecule has 7 heteroatoms. The molecule has 1 N–H and O–H groups in total. The fraction of sp³-hybridized carbons (Fsp3) is 0.462. The Labute approximate surface area is 128 Å². The van der Waals surface area contributed by atoms with Crippen molar-refractivity contribution in [2.45, 2.75) is 26.8 Å². The van der Waals surface area contributed by atoms with Crippen molar-refractivity contribution in [3.8, 4) is 5.69 Å². The van der Waals surface area contributed by atoms with E-state index in [-0.39, 0.29) is 6.04 Å². The highest BCUT2D eigenvalue weighted by molar-refractivity contribution is 6.34. The number of rotatable bonds is 5. The van der Waals surface area contributed by atoms with Crippen LogP contribution < -0.4 is 5.32 Å². The van der Waals surface area contributed by atoms with E-state index in [1.54, 1.807) is 22.9 Å². The van der Waals surface area contributed by atoms with Gasteiger partial charge in [-0.2, -0.15) is 4.68 Å². The first-order valence-corrected chi connectivity index (χ1v) is 7.21. The molecule has 1 atom stereocenters. The van der Waals surface area contributed by atoms with Crippen LogP contribution in [0.4, 0.5) is 0 Å². The van der Waals surface area contributed by atoms with Crippen LogP contribution in [-0.2, 0) is 0 Å². The average Bonchev–Trinajstić information content (AvgIpc) is 2.88. The van der Waals surface area contributed by atoms with Crippen molar-refractivity contribution in [2.75, 3.05) is 6.54 Å². The summed E-state index contributed by atoms with van der Waals surface area (Å²) in [7, 11) is 0. The lowest BCUT2D eigenvalue weighted by atomic mass is 10.2. The van der Waals surface area contributed by atoms with E-state index >= 15 is 0 Å². The van der Waals surface area contributed by atoms with E-state index in [4.69, 9.17) is 23.2 Å². The maximum absolute atomic E-state index is 6.20. The van der Waals surface area contributed by atoms with Gasteiger partial charge < -0.3 is 5.32 Å². The molecule has 0 aliphatic heterocycles. The molecule has 0 spiro atoms. The van der Waals surface area contributed by atoms with Crippen molar-refractivity contribution in [2.24, 2.45) is 5.92 Å². The van der Waals surface area contributed by atoms with Crippen LogP contribution in [0.3, 0.4) is 0 Å². The van der Waals surface area contributed by atoms with Gasteiger partial charge in [0.1, 0.15) is 0 Å². The summed E-state index contributed by atoms with van der Waals surface area (Å²) in [6, 6.07) is 5.23. The second kappa shape index (κ2) is 6.52. The highest BCUT2D eigenvalue weighted by atomic mass is 35.5. The number of aromatic nitrogens is 4. The van der Waals surface area contributed by atoms with Gasteiger partial charge in [-0.05, 0) is 48.0 Å². The van der Waals surface area contributed by atoms with Crippen molar-refractivity contribution in [1.29, 1.82) is 0 Å². The Kier molecular flexibility index (Phi) is 4.96. The van der Waals surface area contributed by atoms with E-state index in [0.29, 0.717) is 27.5 Å². The quantitative estimate of drug-likeness (QED) is 0.920. The van der Waals surface area contributed by atoms with Gasteiger partial charge in [0.25, 0.3) is 0 Å². The van der Waals surface area contributed by atoms with E-state index in [2.05, 4.69) is 34.7 Å². The van der Waals surface area contributed by atoms with Crippen LogP contribution >= 0.6 is 23.2 Å². The smallest absolute Gasteiger partial charge is 0.173 e. The minimum Gasteiger partial charge on any atom is -0.307 e. The predicted molar refractivity (Wildman–Crippen MR) is 80.4 cm³/mol. The van der Waals surface area contributed by atoms with Gasteiger partial charge in [0.2, 0.25) is 0 Å². The third kappa shape index (κ3) is 3.48. The normalized spacial score (nSPS) is 12.9. The topological polar surface area (TPSA) is 55.6 Å². The predicted octanol–water partition coefficient (Wildman–Crippen LogP) is 3.28. The molecule has 0 aliphatic carbocycles. The van der Waals surface area contributed by atoms with Crippen molar-refractivity contribution >= 4 is 23.2 Å². The minimum atomic E-state index is 0.0162. The number of hydrogen-bond donors (Lipinski definition) is 1. The summed E-state index contributed by atoms with van der Waals surface area (Å²) in [5, 5.41) is 16.4. The SMILES string of the molecule is CC(C)CNC(C)c1nnnn1-c1cc(Cl)ccc1Cl. The number of hydrogen-bond acceptors (Lipinski definition) is 4. The van der Waals surface area contributed by atoms with Crippen molar-refractivity contribution in [1.82, 2.24) is 25.5 Å². The van der Waals surface area contributed by atoms with Crippen molar-refractivity contribution in [3.63, 3.8) is 0 Å². The van der Waals surface area contributed by atoms with Gasteiger partial charge in [0, 0.05) is 5.02 Å². The van der Waals surface area contributed by atoms with Gasteiger partial charge in [-0.3, -0.25) is 0 Å². The molecule has 1 heterocycles. The Morgan fingerprint density at radius 1 is 1.25 bits per heavy atom. The molecule has 0 amide bonds. The molecule has 0 saturated carbocycles. The van der Waals surface area contributed by atoms with Crippen LogP contribution in [0.15, 0.2) is 18.2 Å². The molecule has 5 nitrogen and oxygen atoms in total. The maximum atomic E-state index is 6.20. The first-order chi connectivity index (χ1) is 9.49. The third-order valence-corrected chi connectivity index (χ3v) is 3.40. The molecule has 0 fully saturated rings. The Morgan fingerprint density at radius 3 is 2.70 bits per heavy atom. The summed E-state index contributed by atoms with van der Waals surface area (Å²) < 4.78 is 1.62. The zero-order chi connectivity index (χ0) is 14.7. The lowest BCUT2D eigenvalue weighted by Gasteiger charge is -2.15. The van der Waals surface area contributed by atoms with E-state index < -0.39 is 0 Å². The average molecular weight is 314 g/mol. The van der Waals surface area contributed by atoms with Crippen LogP contribution in [0.2, 0.25) is 10.0 Å². The number of nitrogens with zero attached hydrogens (tertiary/aromatic N) is 4. The molecule has 1 aromatic heterocycles. The molecule has 0 bridgehead atoms. The maximum Gasteiger partial charge on any atom is 0.173 e. The Hall–Kier alpha value is -1.17. The Morgan fingerprint density at radius 2 is 2.00 bits per heavy atom. The van der Waals surface area contributed by atoms with E-state index in [1.165, 1.54) is 0 Å². The van der Waals surface area contributed by atoms with Gasteiger partial charge in [0.15, 0.2) is 5.82 Å². The molecular weight excluding hydrogens is 297 g/mol. The molecule has 1 unspecified atom stereocenters. The molecule has 2 aromatic rings. The van der Waals surface area contributed by atoms with Crippen LogP contribution in [0.25, 0.3) is 5.69 Å². The molecule has 0 aliphatic rings. The monoisotopic (exact) mass is 313 g/mol. The zero-order valence-corrected chi connectivity index (χ0v) is 13.2. The summed E-state index contributed by atoms with van der Waals surface area (Å²) in [6.07, 6.45) is 0. The Bertz CT molecular complexity index is 582. The van der Waals surface area contributed by atoms with Crippen LogP contribution in [0.5, 0.6) is 0 Å². The summed E-state index contributed by atoms with van der Waals surface area (Å²) in [6.45, 7) is 7.20. The fourth-order valence-electron chi connectivity index (χ4n) is 1.79. The third-order valence-electron chi connectivity index (χ3n) is 2.85. The fourth-order valence-corrected chi connectivity index (χ4v) is 2.15. The van der Waals surface area contributed by atoms with Crippen LogP contribution in [0, 0.1) is 5.92 Å². The first kappa shape index (κ1) is 15.2. The molecule has 0 saturated heterocycles. The standard InChI is InChI=1S/C13H17Cl2N5/c1-8(2)7-16-9(3)13-17-18-19-20(13)12-6-10(14)4-5-11(12)15/h4-6,8-9,16H,7H2,1-3H3. The summed E-state index contributed by atoms with van der Waals surface area (Å²) in [5.41, 5.74) is 0.678. The highest BCUT2D eigenvalue weighted by Crippen LogP contribution is 2.25. The second-order valence-corrected chi connectivity index (χ2v) is 5.91. The van der Waals surface area contributed by atoms with Crippen molar-refractivity contribution < 1.29 is 0 Å². The van der Waals surface area contributed by atoms with Crippen LogP contribution in [0.1, 0.15) is 32.6 Å². The lowest BCUT2D eigenvalue weighted by molar-refractivity contribution is 0.475. The number of halogens is 2. The molecular formula is C13H17Cl2N5. The van der Waals surface area contributed by atoms with Gasteiger partial charge in [-0.1, -0.05) is 37.0 Å². The van der Waals surface area contributed by atoms with Gasteiger partial charge >= 0.3 is 0 Å². The molecule has 108 valence electrons. The Balaban J connectivity index is 2.30. The largest absolute Gasteiger partial charge is 0.307 e. The first-order valence-electron chi connectivity index (χ1n) is 6.46. The number of tetrazole rings is 1. The number of benzene rings is 1. The van der Waals surface area contributed by atoms with Crippen molar-refractivity contribution in [3.05, 3.63) is 34.1 Å². The van der Waals surface area contributed by atoms with Gasteiger partial charge in [-0.15, -0.1) is 5.10 Å². The summed E-state index contributed by atoms with van der Waals surface area (Å²) >= 11 is 12.2. The zero-order valence-electron chi connectivity index (χ0n) is 11.6. The molecule has 2 rings (SSSR count). The minimum absolute atomic E-state index is 0.0162. The van der Waals surface area contributed by atoms with E-state index in [0.717, 1.165) is 6.54 Å². The van der Waals surface area contributed by atoms with E-state index in [9.17, 15) is 0 Å². The number of nitrogens with one attached hydrogen (secondary N) is 1. The van der Waals surface area contributed by atoms with Gasteiger partial charge in [-0.25, -0.2) is 0 Å². The van der Waals surface area contributed by atoms with E-state index in [1.807, 2.05) is 6.92 Å². The highest BCUT2D eigenvalue weighted by Gasteiger charge is 2.17. The summed E-state index contributed by atoms with van der Waals surface area (Å²) in [5.74, 6) is 1.26.